The maximum atomic E-state index is 12.6. The average molecular weight is 328 g/mol. The van der Waals surface area contributed by atoms with Gasteiger partial charge in [0.15, 0.2) is 9.84 Å². The SMILES string of the molecule is CC1(C)CN(C(=O)c2cc(N)cc(S(C)(=O)=O)c2)CCS1. The van der Waals surface area contributed by atoms with Crippen LogP contribution in [0.4, 0.5) is 5.69 Å². The summed E-state index contributed by atoms with van der Waals surface area (Å²) in [6, 6.07) is 4.32. The Hall–Kier alpha value is -1.21. The molecule has 1 fully saturated rings. The van der Waals surface area contributed by atoms with Crippen LogP contribution >= 0.6 is 11.8 Å². The molecule has 0 spiro atoms. The van der Waals surface area contributed by atoms with E-state index in [0.717, 1.165) is 12.0 Å². The van der Waals surface area contributed by atoms with Crippen LogP contribution in [0.2, 0.25) is 0 Å². The molecule has 116 valence electrons. The molecule has 2 rings (SSSR count). The van der Waals surface area contributed by atoms with Crippen molar-refractivity contribution in [3.8, 4) is 0 Å². The molecule has 1 aromatic rings. The van der Waals surface area contributed by atoms with Gasteiger partial charge in [-0.15, -0.1) is 0 Å². The molecule has 1 aliphatic rings. The van der Waals surface area contributed by atoms with Crippen molar-refractivity contribution in [2.75, 3.05) is 30.8 Å². The monoisotopic (exact) mass is 328 g/mol. The van der Waals surface area contributed by atoms with Crippen LogP contribution in [0.3, 0.4) is 0 Å². The highest BCUT2D eigenvalue weighted by molar-refractivity contribution is 8.00. The van der Waals surface area contributed by atoms with Gasteiger partial charge in [-0.25, -0.2) is 8.42 Å². The van der Waals surface area contributed by atoms with Crippen LogP contribution < -0.4 is 5.73 Å². The number of nitrogen functional groups attached to an aromatic ring is 1. The fourth-order valence-electron chi connectivity index (χ4n) is 2.33. The van der Waals surface area contributed by atoms with Crippen molar-refractivity contribution in [2.24, 2.45) is 0 Å². The number of hydrogen-bond acceptors (Lipinski definition) is 5. The molecule has 0 aliphatic carbocycles. The summed E-state index contributed by atoms with van der Waals surface area (Å²) < 4.78 is 23.3. The zero-order valence-electron chi connectivity index (χ0n) is 12.4. The quantitative estimate of drug-likeness (QED) is 0.835. The van der Waals surface area contributed by atoms with E-state index in [1.807, 2.05) is 11.8 Å². The van der Waals surface area contributed by atoms with E-state index in [-0.39, 0.29) is 21.2 Å². The van der Waals surface area contributed by atoms with Crippen molar-refractivity contribution in [3.05, 3.63) is 23.8 Å². The lowest BCUT2D eigenvalue weighted by atomic mass is 10.1. The van der Waals surface area contributed by atoms with E-state index in [1.165, 1.54) is 18.2 Å². The Labute approximate surface area is 129 Å². The van der Waals surface area contributed by atoms with Gasteiger partial charge in [-0.3, -0.25) is 4.79 Å². The molecule has 0 saturated carbocycles. The van der Waals surface area contributed by atoms with Gasteiger partial charge in [0.05, 0.1) is 4.90 Å². The summed E-state index contributed by atoms with van der Waals surface area (Å²) in [6.07, 6.45) is 1.11. The summed E-state index contributed by atoms with van der Waals surface area (Å²) >= 11 is 1.83. The number of nitrogens with two attached hydrogens (primary N) is 1. The Morgan fingerprint density at radius 1 is 1.33 bits per heavy atom. The van der Waals surface area contributed by atoms with Crippen LogP contribution in [-0.4, -0.2) is 49.1 Å². The van der Waals surface area contributed by atoms with E-state index in [4.69, 9.17) is 5.73 Å². The van der Waals surface area contributed by atoms with Crippen molar-refractivity contribution < 1.29 is 13.2 Å². The summed E-state index contributed by atoms with van der Waals surface area (Å²) in [5.41, 5.74) is 6.35. The van der Waals surface area contributed by atoms with Gasteiger partial charge in [0, 0.05) is 41.1 Å². The molecule has 21 heavy (non-hydrogen) atoms. The lowest BCUT2D eigenvalue weighted by Gasteiger charge is -2.37. The fraction of sp³-hybridized carbons (Fsp3) is 0.500. The molecule has 0 unspecified atom stereocenters. The first kappa shape index (κ1) is 16.2. The minimum atomic E-state index is -3.39. The summed E-state index contributed by atoms with van der Waals surface area (Å²) in [6.45, 7) is 5.49. The Bertz CT molecular complexity index is 669. The number of nitrogens with zero attached hydrogens (tertiary/aromatic N) is 1. The second-order valence-corrected chi connectivity index (χ2v) is 9.72. The summed E-state index contributed by atoms with van der Waals surface area (Å²) in [4.78, 5) is 14.4. The number of hydrogen-bond donors (Lipinski definition) is 1. The first-order chi connectivity index (χ1) is 9.58. The number of rotatable bonds is 2. The Morgan fingerprint density at radius 2 is 2.00 bits per heavy atom. The number of benzene rings is 1. The molecular formula is C14H20N2O3S2. The minimum absolute atomic E-state index is 0.00784. The van der Waals surface area contributed by atoms with Crippen LogP contribution in [0.15, 0.2) is 23.1 Å². The lowest BCUT2D eigenvalue weighted by molar-refractivity contribution is 0.0748. The third-order valence-corrected chi connectivity index (χ3v) is 5.71. The fourth-order valence-corrected chi connectivity index (χ4v) is 4.13. The maximum absolute atomic E-state index is 12.6. The Morgan fingerprint density at radius 3 is 2.57 bits per heavy atom. The van der Waals surface area contributed by atoms with Gasteiger partial charge in [-0.2, -0.15) is 11.8 Å². The van der Waals surface area contributed by atoms with Gasteiger partial charge >= 0.3 is 0 Å². The predicted octanol–water partition coefficient (Wildman–Crippen LogP) is 1.64. The third kappa shape index (κ3) is 3.91. The van der Waals surface area contributed by atoms with Gasteiger partial charge in [0.25, 0.3) is 5.91 Å². The third-order valence-electron chi connectivity index (χ3n) is 3.32. The average Bonchev–Trinajstić information content (AvgIpc) is 2.35. The first-order valence-corrected chi connectivity index (χ1v) is 9.50. The molecule has 1 aliphatic heterocycles. The number of carbonyl (C=O) groups excluding carboxylic acids is 1. The van der Waals surface area contributed by atoms with Gasteiger partial charge in [-0.1, -0.05) is 0 Å². The maximum Gasteiger partial charge on any atom is 0.254 e. The van der Waals surface area contributed by atoms with E-state index in [0.29, 0.717) is 18.7 Å². The molecule has 5 nitrogen and oxygen atoms in total. The second kappa shape index (κ2) is 5.53. The molecule has 0 bridgehead atoms. The van der Waals surface area contributed by atoms with E-state index in [9.17, 15) is 13.2 Å². The van der Waals surface area contributed by atoms with Crippen molar-refractivity contribution in [1.29, 1.82) is 0 Å². The van der Waals surface area contributed by atoms with E-state index in [1.54, 1.807) is 4.90 Å². The van der Waals surface area contributed by atoms with Crippen LogP contribution in [0.5, 0.6) is 0 Å². The molecule has 0 radical (unpaired) electrons. The summed E-state index contributed by atoms with van der Waals surface area (Å²) in [7, 11) is -3.39. The standard InChI is InChI=1S/C14H20N2O3S2/c1-14(2)9-16(4-5-20-14)13(17)10-6-11(15)8-12(7-10)21(3,18)19/h6-8H,4-5,9,15H2,1-3H3. The normalized spacial score (nSPS) is 18.5. The largest absolute Gasteiger partial charge is 0.399 e. The highest BCUT2D eigenvalue weighted by Crippen LogP contribution is 2.30. The topological polar surface area (TPSA) is 80.5 Å². The molecule has 7 heteroatoms. The summed E-state index contributed by atoms with van der Waals surface area (Å²) in [5.74, 6) is 0.709. The number of carbonyl (C=O) groups is 1. The lowest BCUT2D eigenvalue weighted by Crippen LogP contribution is -2.46. The molecule has 1 aromatic carbocycles. The summed E-state index contributed by atoms with van der Waals surface area (Å²) in [5, 5.41) is 0. The van der Waals surface area contributed by atoms with Crippen LogP contribution in [0.1, 0.15) is 24.2 Å². The molecular weight excluding hydrogens is 308 g/mol. The van der Waals surface area contributed by atoms with Crippen LogP contribution in [0, 0.1) is 0 Å². The number of thioether (sulfide) groups is 1. The van der Waals surface area contributed by atoms with E-state index in [2.05, 4.69) is 13.8 Å². The smallest absolute Gasteiger partial charge is 0.254 e. The molecule has 1 amide bonds. The zero-order valence-corrected chi connectivity index (χ0v) is 14.1. The molecule has 0 aromatic heterocycles. The van der Waals surface area contributed by atoms with Gasteiger partial charge in [0.2, 0.25) is 0 Å². The Kier molecular flexibility index (Phi) is 4.26. The molecule has 1 saturated heterocycles. The van der Waals surface area contributed by atoms with Crippen molar-refractivity contribution in [3.63, 3.8) is 0 Å². The van der Waals surface area contributed by atoms with Crippen molar-refractivity contribution in [1.82, 2.24) is 4.90 Å². The number of sulfone groups is 1. The van der Waals surface area contributed by atoms with Gasteiger partial charge < -0.3 is 10.6 Å². The number of anilines is 1. The predicted molar refractivity (Wildman–Crippen MR) is 86.4 cm³/mol. The Balaban J connectivity index is 2.33. The van der Waals surface area contributed by atoms with Crippen LogP contribution in [0.25, 0.3) is 0 Å². The number of amides is 1. The highest BCUT2D eigenvalue weighted by Gasteiger charge is 2.30. The minimum Gasteiger partial charge on any atom is -0.399 e. The zero-order chi connectivity index (χ0) is 15.8. The first-order valence-electron chi connectivity index (χ1n) is 6.62. The van der Waals surface area contributed by atoms with E-state index >= 15 is 0 Å². The highest BCUT2D eigenvalue weighted by atomic mass is 32.2. The van der Waals surface area contributed by atoms with Gasteiger partial charge in [-0.05, 0) is 32.0 Å². The van der Waals surface area contributed by atoms with Crippen molar-refractivity contribution >= 4 is 33.2 Å². The van der Waals surface area contributed by atoms with E-state index < -0.39 is 9.84 Å². The molecule has 2 N–H and O–H groups in total. The molecule has 0 atom stereocenters. The molecule has 1 heterocycles. The van der Waals surface area contributed by atoms with Crippen molar-refractivity contribution in [2.45, 2.75) is 23.5 Å². The second-order valence-electron chi connectivity index (χ2n) is 5.90. The van der Waals surface area contributed by atoms with Gasteiger partial charge in [0.1, 0.15) is 0 Å². The van der Waals surface area contributed by atoms with Crippen LogP contribution in [-0.2, 0) is 9.84 Å².